The van der Waals surface area contributed by atoms with E-state index in [1.165, 1.54) is 18.2 Å². The lowest BCUT2D eigenvalue weighted by atomic mass is 10.0. The van der Waals surface area contributed by atoms with Gasteiger partial charge in [0.1, 0.15) is 5.82 Å². The van der Waals surface area contributed by atoms with Crippen LogP contribution in [0.3, 0.4) is 0 Å². The van der Waals surface area contributed by atoms with E-state index in [1.807, 2.05) is 0 Å². The minimum atomic E-state index is -0.828. The van der Waals surface area contributed by atoms with Gasteiger partial charge >= 0.3 is 0 Å². The lowest BCUT2D eigenvalue weighted by Crippen LogP contribution is -2.14. The lowest BCUT2D eigenvalue weighted by molar-refractivity contribution is -0.122. The third-order valence-electron chi connectivity index (χ3n) is 2.20. The maximum absolute atomic E-state index is 12.8. The molecule has 2 rings (SSSR count). The summed E-state index contributed by atoms with van der Waals surface area (Å²) in [7, 11) is 0. The smallest absolute Gasteiger partial charge is 0.296 e. The molecule has 1 aromatic rings. The molecule has 0 saturated carbocycles. The molecule has 1 aromatic carbocycles. The van der Waals surface area contributed by atoms with Crippen LogP contribution in [-0.2, 0) is 9.53 Å². The fourth-order valence-electron chi connectivity index (χ4n) is 1.49. The number of rotatable bonds is 1. The van der Waals surface area contributed by atoms with Crippen molar-refractivity contribution in [2.45, 2.75) is 13.0 Å². The summed E-state index contributed by atoms with van der Waals surface area (Å²) < 4.78 is 17.9. The summed E-state index contributed by atoms with van der Waals surface area (Å²) in [4.78, 5) is 14.8. The van der Waals surface area contributed by atoms with Gasteiger partial charge in [0.15, 0.2) is 0 Å². The van der Waals surface area contributed by atoms with Gasteiger partial charge in [0, 0.05) is 5.56 Å². The number of aliphatic imine (C=N–C) groups is 1. The first-order valence-electron chi connectivity index (χ1n) is 4.38. The molecule has 78 valence electrons. The van der Waals surface area contributed by atoms with Crippen LogP contribution in [0.15, 0.2) is 23.2 Å². The maximum Gasteiger partial charge on any atom is 0.296 e. The number of hydrogen-bond donors (Lipinski definition) is 1. The van der Waals surface area contributed by atoms with Crippen LogP contribution in [0.5, 0.6) is 0 Å². The molecule has 5 heteroatoms. The second-order valence-electron chi connectivity index (χ2n) is 3.29. The number of ether oxygens (including phenoxy) is 1. The van der Waals surface area contributed by atoms with Crippen LogP contribution in [-0.4, -0.2) is 11.9 Å². The number of amides is 1. The molecule has 1 heterocycles. The van der Waals surface area contributed by atoms with Crippen LogP contribution in [0.1, 0.15) is 17.2 Å². The summed E-state index contributed by atoms with van der Waals surface area (Å²) in [5, 5.41) is 0. The highest BCUT2D eigenvalue weighted by molar-refractivity contribution is 5.98. The van der Waals surface area contributed by atoms with Crippen LogP contribution >= 0.6 is 0 Å². The minimum absolute atomic E-state index is 0.145. The van der Waals surface area contributed by atoms with Gasteiger partial charge in [0.05, 0.1) is 0 Å². The van der Waals surface area contributed by atoms with Crippen molar-refractivity contribution in [2.75, 3.05) is 0 Å². The van der Waals surface area contributed by atoms with Crippen molar-refractivity contribution in [3.8, 4) is 0 Å². The standard InChI is InChI=1S/C10H9FN2O2/c1-5-4-6(11)2-3-7(5)8-9(14)13-10(12)15-8/h2-4,8H,1H3,(H2,12,13,14). The Labute approximate surface area is 85.6 Å². The highest BCUT2D eigenvalue weighted by Gasteiger charge is 2.30. The number of nitrogens with two attached hydrogens (primary N) is 1. The Bertz CT molecular complexity index is 457. The van der Waals surface area contributed by atoms with Crippen molar-refractivity contribution in [1.82, 2.24) is 0 Å². The van der Waals surface area contributed by atoms with Gasteiger partial charge in [-0.1, -0.05) is 6.07 Å². The molecule has 1 aliphatic rings. The van der Waals surface area contributed by atoms with Crippen LogP contribution in [0.2, 0.25) is 0 Å². The Morgan fingerprint density at radius 2 is 2.27 bits per heavy atom. The van der Waals surface area contributed by atoms with Crippen molar-refractivity contribution < 1.29 is 13.9 Å². The molecule has 0 fully saturated rings. The van der Waals surface area contributed by atoms with Crippen molar-refractivity contribution >= 4 is 11.9 Å². The molecule has 0 aromatic heterocycles. The highest BCUT2D eigenvalue weighted by atomic mass is 19.1. The quantitative estimate of drug-likeness (QED) is 0.750. The van der Waals surface area contributed by atoms with Crippen molar-refractivity contribution in [3.63, 3.8) is 0 Å². The van der Waals surface area contributed by atoms with Crippen LogP contribution in [0.4, 0.5) is 4.39 Å². The molecule has 0 aliphatic carbocycles. The summed E-state index contributed by atoms with van der Waals surface area (Å²) in [5.41, 5.74) is 6.49. The average Bonchev–Trinajstić information content (AvgIpc) is 2.45. The molecule has 1 amide bonds. The molecule has 15 heavy (non-hydrogen) atoms. The van der Waals surface area contributed by atoms with E-state index in [-0.39, 0.29) is 11.8 Å². The molecule has 1 atom stereocenters. The molecule has 1 aliphatic heterocycles. The molecule has 1 unspecified atom stereocenters. The third kappa shape index (κ3) is 1.68. The van der Waals surface area contributed by atoms with Crippen LogP contribution in [0, 0.1) is 12.7 Å². The van der Waals surface area contributed by atoms with E-state index in [1.54, 1.807) is 6.92 Å². The second kappa shape index (κ2) is 3.34. The molecular formula is C10H9FN2O2. The van der Waals surface area contributed by atoms with Crippen LogP contribution < -0.4 is 5.73 Å². The van der Waals surface area contributed by atoms with Gasteiger partial charge in [-0.15, -0.1) is 0 Å². The monoisotopic (exact) mass is 208 g/mol. The van der Waals surface area contributed by atoms with Gasteiger partial charge in [0.2, 0.25) is 6.10 Å². The van der Waals surface area contributed by atoms with E-state index in [2.05, 4.69) is 4.99 Å². The van der Waals surface area contributed by atoms with Gasteiger partial charge in [-0.25, -0.2) is 4.39 Å². The number of nitrogens with zero attached hydrogens (tertiary/aromatic N) is 1. The summed E-state index contributed by atoms with van der Waals surface area (Å²) in [5.74, 6) is -0.808. The number of halogens is 1. The van der Waals surface area contributed by atoms with Gasteiger partial charge in [0.25, 0.3) is 11.9 Å². The molecule has 0 saturated heterocycles. The number of carbonyl (C=O) groups excluding carboxylic acids is 1. The molecule has 0 radical (unpaired) electrons. The lowest BCUT2D eigenvalue weighted by Gasteiger charge is -2.11. The van der Waals surface area contributed by atoms with Gasteiger partial charge < -0.3 is 10.5 Å². The maximum atomic E-state index is 12.8. The number of aryl methyl sites for hydroxylation is 1. The summed E-state index contributed by atoms with van der Waals surface area (Å²) in [6.45, 7) is 1.70. The molecular weight excluding hydrogens is 199 g/mol. The van der Waals surface area contributed by atoms with Gasteiger partial charge in [-0.3, -0.25) is 4.79 Å². The zero-order valence-electron chi connectivity index (χ0n) is 8.03. The Kier molecular flexibility index (Phi) is 2.15. The third-order valence-corrected chi connectivity index (χ3v) is 2.20. The van der Waals surface area contributed by atoms with Gasteiger partial charge in [-0.05, 0) is 24.6 Å². The Morgan fingerprint density at radius 1 is 1.53 bits per heavy atom. The molecule has 4 nitrogen and oxygen atoms in total. The summed E-state index contributed by atoms with van der Waals surface area (Å²) >= 11 is 0. The Morgan fingerprint density at radius 3 is 2.80 bits per heavy atom. The number of amidine groups is 1. The SMILES string of the molecule is Cc1cc(F)ccc1C1OC(N)=NC1=O. The summed E-state index contributed by atoms with van der Waals surface area (Å²) in [6, 6.07) is 3.96. The van der Waals surface area contributed by atoms with Crippen LogP contribution in [0.25, 0.3) is 0 Å². The first-order chi connectivity index (χ1) is 7.08. The Balaban J connectivity index is 2.36. The average molecular weight is 208 g/mol. The fourth-order valence-corrected chi connectivity index (χ4v) is 1.49. The number of carbonyl (C=O) groups is 1. The fraction of sp³-hybridized carbons (Fsp3) is 0.200. The van der Waals surface area contributed by atoms with E-state index in [0.717, 1.165) is 0 Å². The first-order valence-corrected chi connectivity index (χ1v) is 4.38. The van der Waals surface area contributed by atoms with E-state index >= 15 is 0 Å². The van der Waals surface area contributed by atoms with Gasteiger partial charge in [-0.2, -0.15) is 4.99 Å². The zero-order valence-corrected chi connectivity index (χ0v) is 8.03. The highest BCUT2D eigenvalue weighted by Crippen LogP contribution is 2.26. The molecule has 0 bridgehead atoms. The Hall–Kier alpha value is -1.91. The zero-order chi connectivity index (χ0) is 11.0. The normalized spacial score (nSPS) is 20.0. The number of benzene rings is 1. The molecule has 2 N–H and O–H groups in total. The van der Waals surface area contributed by atoms with E-state index in [0.29, 0.717) is 11.1 Å². The summed E-state index contributed by atoms with van der Waals surface area (Å²) in [6.07, 6.45) is -0.828. The van der Waals surface area contributed by atoms with E-state index in [4.69, 9.17) is 10.5 Å². The van der Waals surface area contributed by atoms with Crippen molar-refractivity contribution in [2.24, 2.45) is 10.7 Å². The van der Waals surface area contributed by atoms with E-state index < -0.39 is 12.0 Å². The number of hydrogen-bond acceptors (Lipinski definition) is 3. The van der Waals surface area contributed by atoms with Crippen molar-refractivity contribution in [3.05, 3.63) is 35.1 Å². The van der Waals surface area contributed by atoms with Crippen molar-refractivity contribution in [1.29, 1.82) is 0 Å². The largest absolute Gasteiger partial charge is 0.447 e. The predicted molar refractivity (Wildman–Crippen MR) is 51.6 cm³/mol. The van der Waals surface area contributed by atoms with E-state index in [9.17, 15) is 9.18 Å². The topological polar surface area (TPSA) is 64.7 Å². The molecule has 0 spiro atoms. The first kappa shape index (κ1) is 9.64. The minimum Gasteiger partial charge on any atom is -0.447 e. The predicted octanol–water partition coefficient (Wildman–Crippen LogP) is 1.05. The second-order valence-corrected chi connectivity index (χ2v) is 3.29.